The number of hydrogen-bond donors (Lipinski definition) is 1. The molecule has 0 bridgehead atoms. The second kappa shape index (κ2) is 6.44. The second-order valence-electron chi connectivity index (χ2n) is 5.43. The highest BCUT2D eigenvalue weighted by atomic mass is 32.1. The van der Waals surface area contributed by atoms with Crippen LogP contribution in [-0.4, -0.2) is 29.4 Å². The topological polar surface area (TPSA) is 59.4 Å². The Morgan fingerprint density at radius 3 is 3.00 bits per heavy atom. The van der Waals surface area contributed by atoms with Crippen molar-refractivity contribution >= 4 is 33.6 Å². The summed E-state index contributed by atoms with van der Waals surface area (Å²) in [6.07, 6.45) is 4.51. The van der Waals surface area contributed by atoms with Gasteiger partial charge in [-0.05, 0) is 18.1 Å². The molecule has 3 heterocycles. The van der Waals surface area contributed by atoms with Crippen molar-refractivity contribution in [3.8, 4) is 10.4 Å². The lowest BCUT2D eigenvalue weighted by molar-refractivity contribution is 0.193. The van der Waals surface area contributed by atoms with Gasteiger partial charge in [0, 0.05) is 23.6 Å². The standard InChI is InChI=1S/C17H16N4OS/c1-2-4-13(5-3-1)15-8-14-16(18-11-19-17(14)23-15)21-20-9-12-6-7-22-10-12/h1-5,8-9,11-12H,6-7,10H2,(H,18,19,21)/b20-9+. The third kappa shape index (κ3) is 3.09. The lowest BCUT2D eigenvalue weighted by atomic mass is 10.1. The van der Waals surface area contributed by atoms with Crippen molar-refractivity contribution in [2.24, 2.45) is 11.0 Å². The molecule has 1 atom stereocenters. The number of ether oxygens (including phenoxy) is 1. The number of benzene rings is 1. The summed E-state index contributed by atoms with van der Waals surface area (Å²) in [6, 6.07) is 12.4. The number of thiophene rings is 1. The fourth-order valence-electron chi connectivity index (χ4n) is 2.56. The first-order valence-corrected chi connectivity index (χ1v) is 8.39. The lowest BCUT2D eigenvalue weighted by Gasteiger charge is -2.01. The first-order valence-electron chi connectivity index (χ1n) is 7.57. The number of fused-ring (bicyclic) bond motifs is 1. The van der Waals surface area contributed by atoms with E-state index >= 15 is 0 Å². The minimum Gasteiger partial charge on any atom is -0.381 e. The molecule has 1 saturated heterocycles. The van der Waals surface area contributed by atoms with Crippen molar-refractivity contribution in [2.45, 2.75) is 6.42 Å². The van der Waals surface area contributed by atoms with E-state index in [1.54, 1.807) is 17.7 Å². The summed E-state index contributed by atoms with van der Waals surface area (Å²) in [6.45, 7) is 1.57. The quantitative estimate of drug-likeness (QED) is 0.586. The molecule has 0 radical (unpaired) electrons. The molecule has 23 heavy (non-hydrogen) atoms. The van der Waals surface area contributed by atoms with Gasteiger partial charge in [0.2, 0.25) is 0 Å². The number of rotatable bonds is 4. The van der Waals surface area contributed by atoms with Gasteiger partial charge in [0.15, 0.2) is 5.82 Å². The fourth-order valence-corrected chi connectivity index (χ4v) is 3.57. The van der Waals surface area contributed by atoms with Crippen LogP contribution in [0, 0.1) is 5.92 Å². The van der Waals surface area contributed by atoms with Crippen LogP contribution in [0.2, 0.25) is 0 Å². The van der Waals surface area contributed by atoms with Crippen LogP contribution in [0.4, 0.5) is 5.82 Å². The molecular weight excluding hydrogens is 308 g/mol. The Bertz CT molecular complexity index is 825. The molecule has 1 fully saturated rings. The third-order valence-corrected chi connectivity index (χ3v) is 4.90. The van der Waals surface area contributed by atoms with Gasteiger partial charge >= 0.3 is 0 Å². The Morgan fingerprint density at radius 1 is 1.26 bits per heavy atom. The van der Waals surface area contributed by atoms with Gasteiger partial charge in [-0.2, -0.15) is 5.10 Å². The molecule has 4 rings (SSSR count). The van der Waals surface area contributed by atoms with Crippen molar-refractivity contribution in [2.75, 3.05) is 18.6 Å². The minimum absolute atomic E-state index is 0.391. The maximum Gasteiger partial charge on any atom is 0.158 e. The monoisotopic (exact) mass is 324 g/mol. The van der Waals surface area contributed by atoms with Crippen molar-refractivity contribution in [1.82, 2.24) is 9.97 Å². The highest BCUT2D eigenvalue weighted by Crippen LogP contribution is 2.34. The Kier molecular flexibility index (Phi) is 4.00. The van der Waals surface area contributed by atoms with Crippen molar-refractivity contribution in [3.05, 3.63) is 42.7 Å². The highest BCUT2D eigenvalue weighted by molar-refractivity contribution is 7.21. The maximum absolute atomic E-state index is 5.34. The molecule has 116 valence electrons. The lowest BCUT2D eigenvalue weighted by Crippen LogP contribution is -2.03. The SMILES string of the molecule is C(=N\Nc1ncnc2sc(-c3ccccc3)cc12)/C1CCOC1. The summed E-state index contributed by atoms with van der Waals surface area (Å²) >= 11 is 1.66. The third-order valence-electron chi connectivity index (χ3n) is 3.81. The van der Waals surface area contributed by atoms with Crippen LogP contribution in [0.15, 0.2) is 47.8 Å². The molecule has 1 unspecified atom stereocenters. The van der Waals surface area contributed by atoms with E-state index in [0.29, 0.717) is 5.92 Å². The van der Waals surface area contributed by atoms with E-state index in [1.165, 1.54) is 10.4 Å². The predicted octanol–water partition coefficient (Wildman–Crippen LogP) is 3.79. The molecule has 5 nitrogen and oxygen atoms in total. The smallest absolute Gasteiger partial charge is 0.158 e. The van der Waals surface area contributed by atoms with Crippen molar-refractivity contribution in [3.63, 3.8) is 0 Å². The van der Waals surface area contributed by atoms with Crippen molar-refractivity contribution in [1.29, 1.82) is 0 Å². The van der Waals surface area contributed by atoms with Gasteiger partial charge in [0.05, 0.1) is 12.0 Å². The first-order chi connectivity index (χ1) is 11.4. The Hall–Kier alpha value is -2.31. The van der Waals surface area contributed by atoms with Gasteiger partial charge in [0.1, 0.15) is 11.2 Å². The van der Waals surface area contributed by atoms with Gasteiger partial charge in [-0.25, -0.2) is 9.97 Å². The molecule has 0 amide bonds. The number of anilines is 1. The minimum atomic E-state index is 0.391. The molecule has 0 saturated carbocycles. The van der Waals surface area contributed by atoms with Crippen LogP contribution in [0.5, 0.6) is 0 Å². The van der Waals surface area contributed by atoms with E-state index in [2.05, 4.69) is 38.7 Å². The molecule has 0 aliphatic carbocycles. The summed E-state index contributed by atoms with van der Waals surface area (Å²) < 4.78 is 5.34. The molecule has 6 heteroatoms. The highest BCUT2D eigenvalue weighted by Gasteiger charge is 2.13. The van der Waals surface area contributed by atoms with Crippen LogP contribution in [0.25, 0.3) is 20.7 Å². The Labute approximate surface area is 138 Å². The zero-order valence-electron chi connectivity index (χ0n) is 12.5. The molecule has 2 aromatic heterocycles. The summed E-state index contributed by atoms with van der Waals surface area (Å²) in [5.41, 5.74) is 4.24. The number of aromatic nitrogens is 2. The molecule has 1 aromatic carbocycles. The summed E-state index contributed by atoms with van der Waals surface area (Å²) in [5.74, 6) is 1.13. The van der Waals surface area contributed by atoms with E-state index in [4.69, 9.17) is 4.74 Å². The molecule has 1 aliphatic heterocycles. The number of hydrazone groups is 1. The summed E-state index contributed by atoms with van der Waals surface area (Å²) in [7, 11) is 0. The van der Waals surface area contributed by atoms with Gasteiger partial charge in [-0.3, -0.25) is 5.43 Å². The first kappa shape index (κ1) is 14.3. The fraction of sp³-hybridized carbons (Fsp3) is 0.235. The van der Waals surface area contributed by atoms with Gasteiger partial charge in [-0.15, -0.1) is 11.3 Å². The summed E-state index contributed by atoms with van der Waals surface area (Å²) in [4.78, 5) is 10.8. The number of hydrogen-bond acceptors (Lipinski definition) is 6. The van der Waals surface area contributed by atoms with Crippen LogP contribution in [-0.2, 0) is 4.74 Å². The number of nitrogens with one attached hydrogen (secondary N) is 1. The molecule has 1 N–H and O–H groups in total. The zero-order chi connectivity index (χ0) is 15.5. The largest absolute Gasteiger partial charge is 0.381 e. The van der Waals surface area contributed by atoms with E-state index in [-0.39, 0.29) is 0 Å². The molecular formula is C17H16N4OS. The van der Waals surface area contributed by atoms with Crippen LogP contribution < -0.4 is 5.43 Å². The maximum atomic E-state index is 5.34. The predicted molar refractivity (Wildman–Crippen MR) is 93.9 cm³/mol. The average molecular weight is 324 g/mol. The van der Waals surface area contributed by atoms with Crippen LogP contribution >= 0.6 is 11.3 Å². The molecule has 0 spiro atoms. The van der Waals surface area contributed by atoms with E-state index in [1.807, 2.05) is 24.4 Å². The van der Waals surface area contributed by atoms with Crippen LogP contribution in [0.3, 0.4) is 0 Å². The van der Waals surface area contributed by atoms with Gasteiger partial charge < -0.3 is 4.74 Å². The molecule has 1 aliphatic rings. The van der Waals surface area contributed by atoms with E-state index < -0.39 is 0 Å². The van der Waals surface area contributed by atoms with Gasteiger partial charge in [-0.1, -0.05) is 30.3 Å². The second-order valence-corrected chi connectivity index (χ2v) is 6.46. The zero-order valence-corrected chi connectivity index (χ0v) is 13.3. The van der Waals surface area contributed by atoms with E-state index in [0.717, 1.165) is 35.7 Å². The summed E-state index contributed by atoms with van der Waals surface area (Å²) in [5, 5.41) is 5.31. The average Bonchev–Trinajstić information content (AvgIpc) is 3.25. The van der Waals surface area contributed by atoms with Gasteiger partial charge in [0.25, 0.3) is 0 Å². The van der Waals surface area contributed by atoms with E-state index in [9.17, 15) is 0 Å². The normalized spacial score (nSPS) is 18.0. The molecule has 3 aromatic rings. The Balaban J connectivity index is 1.61. The Morgan fingerprint density at radius 2 is 2.17 bits per heavy atom. The van der Waals surface area contributed by atoms with Crippen LogP contribution in [0.1, 0.15) is 6.42 Å². The number of nitrogens with zero attached hydrogens (tertiary/aromatic N) is 3. The van der Waals surface area contributed by atoms with Crippen molar-refractivity contribution < 1.29 is 4.74 Å².